The maximum atomic E-state index is 11.5. The third-order valence-electron chi connectivity index (χ3n) is 2.28. The Morgan fingerprint density at radius 3 is 2.68 bits per heavy atom. The molecule has 0 saturated carbocycles. The van der Waals surface area contributed by atoms with Gasteiger partial charge < -0.3 is 20.7 Å². The van der Waals surface area contributed by atoms with Gasteiger partial charge in [-0.25, -0.2) is 9.97 Å². The Balaban J connectivity index is 2.33. The monoisotopic (exact) mass is 267 g/mol. The largest absolute Gasteiger partial charge is 0.383 e. The number of aromatic nitrogens is 2. The summed E-state index contributed by atoms with van der Waals surface area (Å²) in [6, 6.07) is 1.78. The third kappa shape index (κ3) is 6.56. The van der Waals surface area contributed by atoms with Crippen LogP contribution in [0.1, 0.15) is 13.3 Å². The number of rotatable bonds is 9. The van der Waals surface area contributed by atoms with E-state index >= 15 is 0 Å². The van der Waals surface area contributed by atoms with E-state index in [0.29, 0.717) is 19.0 Å². The lowest BCUT2D eigenvalue weighted by Gasteiger charge is -2.08. The number of carbonyl (C=O) groups is 1. The maximum absolute atomic E-state index is 11.5. The Morgan fingerprint density at radius 2 is 2.00 bits per heavy atom. The number of nitrogens with zero attached hydrogens (tertiary/aromatic N) is 2. The molecule has 3 N–H and O–H groups in total. The number of carbonyl (C=O) groups excluding carboxylic acids is 1. The van der Waals surface area contributed by atoms with Crippen LogP contribution >= 0.6 is 0 Å². The Morgan fingerprint density at radius 1 is 1.26 bits per heavy atom. The summed E-state index contributed by atoms with van der Waals surface area (Å²) in [6.07, 6.45) is 2.48. The Labute approximate surface area is 113 Å². The van der Waals surface area contributed by atoms with Crippen molar-refractivity contribution in [1.82, 2.24) is 15.3 Å². The highest BCUT2D eigenvalue weighted by Crippen LogP contribution is 2.07. The molecule has 0 aromatic carbocycles. The molecule has 0 bridgehead atoms. The lowest BCUT2D eigenvalue weighted by Crippen LogP contribution is -2.32. The van der Waals surface area contributed by atoms with Crippen molar-refractivity contribution in [3.05, 3.63) is 12.4 Å². The minimum atomic E-state index is -0.0984. The lowest BCUT2D eigenvalue weighted by molar-refractivity contribution is -0.119. The average Bonchev–Trinajstić information content (AvgIpc) is 2.44. The number of hydrogen-bond donors (Lipinski definition) is 3. The van der Waals surface area contributed by atoms with Gasteiger partial charge in [-0.3, -0.25) is 4.79 Å². The van der Waals surface area contributed by atoms with Gasteiger partial charge in [-0.15, -0.1) is 0 Å². The van der Waals surface area contributed by atoms with E-state index in [1.165, 1.54) is 6.33 Å². The van der Waals surface area contributed by atoms with Gasteiger partial charge in [-0.2, -0.15) is 0 Å². The van der Waals surface area contributed by atoms with Crippen LogP contribution in [0.2, 0.25) is 0 Å². The van der Waals surface area contributed by atoms with Crippen LogP contribution in [0.4, 0.5) is 11.6 Å². The fourth-order valence-corrected chi connectivity index (χ4v) is 1.33. The molecule has 7 heteroatoms. The van der Waals surface area contributed by atoms with E-state index < -0.39 is 0 Å². The van der Waals surface area contributed by atoms with E-state index in [1.807, 2.05) is 0 Å². The molecule has 7 nitrogen and oxygen atoms in total. The number of hydrogen-bond acceptors (Lipinski definition) is 6. The van der Waals surface area contributed by atoms with Crippen molar-refractivity contribution in [2.24, 2.45) is 0 Å². The molecule has 0 aliphatic carbocycles. The summed E-state index contributed by atoms with van der Waals surface area (Å²) >= 11 is 0. The molecule has 0 spiro atoms. The normalized spacial score (nSPS) is 10.0. The molecule has 1 heterocycles. The molecule has 1 aromatic rings. The lowest BCUT2D eigenvalue weighted by atomic mass is 10.4. The maximum Gasteiger partial charge on any atom is 0.239 e. The summed E-state index contributed by atoms with van der Waals surface area (Å²) in [5.74, 6) is 1.27. The first-order chi connectivity index (χ1) is 9.26. The second-order valence-electron chi connectivity index (χ2n) is 3.91. The minimum Gasteiger partial charge on any atom is -0.383 e. The second-order valence-corrected chi connectivity index (χ2v) is 3.91. The van der Waals surface area contributed by atoms with Crippen molar-refractivity contribution in [2.75, 3.05) is 44.0 Å². The van der Waals surface area contributed by atoms with E-state index in [1.54, 1.807) is 13.2 Å². The zero-order chi connectivity index (χ0) is 13.9. The summed E-state index contributed by atoms with van der Waals surface area (Å²) < 4.78 is 4.84. The molecule has 0 radical (unpaired) electrons. The topological polar surface area (TPSA) is 88.2 Å². The summed E-state index contributed by atoms with van der Waals surface area (Å²) in [6.45, 7) is 4.12. The van der Waals surface area contributed by atoms with Crippen LogP contribution in [-0.4, -0.2) is 49.2 Å². The van der Waals surface area contributed by atoms with E-state index in [9.17, 15) is 4.79 Å². The minimum absolute atomic E-state index is 0.0984. The van der Waals surface area contributed by atoms with E-state index in [-0.39, 0.29) is 12.5 Å². The zero-order valence-electron chi connectivity index (χ0n) is 11.4. The van der Waals surface area contributed by atoms with Crippen LogP contribution in [0.25, 0.3) is 0 Å². The van der Waals surface area contributed by atoms with E-state index in [0.717, 1.165) is 18.8 Å². The molecule has 1 rings (SSSR count). The Bertz CT molecular complexity index is 386. The van der Waals surface area contributed by atoms with Crippen LogP contribution in [0, 0.1) is 0 Å². The highest BCUT2D eigenvalue weighted by atomic mass is 16.5. The summed E-state index contributed by atoms with van der Waals surface area (Å²) in [4.78, 5) is 19.6. The van der Waals surface area contributed by atoms with Gasteiger partial charge in [0, 0.05) is 26.3 Å². The first-order valence-electron chi connectivity index (χ1n) is 6.31. The second kappa shape index (κ2) is 9.09. The van der Waals surface area contributed by atoms with Crippen molar-refractivity contribution < 1.29 is 9.53 Å². The average molecular weight is 267 g/mol. The predicted octanol–water partition coefficient (Wildman–Crippen LogP) is 0.473. The molecule has 1 amide bonds. The fraction of sp³-hybridized carbons (Fsp3) is 0.583. The predicted molar refractivity (Wildman–Crippen MR) is 74.2 cm³/mol. The highest BCUT2D eigenvalue weighted by Gasteiger charge is 2.02. The fourth-order valence-electron chi connectivity index (χ4n) is 1.33. The number of amides is 1. The number of anilines is 2. The van der Waals surface area contributed by atoms with Crippen molar-refractivity contribution >= 4 is 17.5 Å². The molecule has 0 aliphatic rings. The van der Waals surface area contributed by atoms with Gasteiger partial charge in [0.25, 0.3) is 0 Å². The molecule has 0 atom stereocenters. The first-order valence-corrected chi connectivity index (χ1v) is 6.31. The molecular formula is C12H21N5O2. The molecule has 19 heavy (non-hydrogen) atoms. The molecule has 106 valence electrons. The SMILES string of the molecule is CCCNc1cc(NCC(=O)NCCOC)ncn1. The van der Waals surface area contributed by atoms with Crippen LogP contribution in [0.3, 0.4) is 0 Å². The molecular weight excluding hydrogens is 246 g/mol. The molecule has 0 unspecified atom stereocenters. The van der Waals surface area contributed by atoms with Crippen LogP contribution in [0.5, 0.6) is 0 Å². The zero-order valence-corrected chi connectivity index (χ0v) is 11.4. The van der Waals surface area contributed by atoms with Gasteiger partial charge >= 0.3 is 0 Å². The third-order valence-corrected chi connectivity index (χ3v) is 2.28. The first kappa shape index (κ1) is 15.2. The molecule has 1 aromatic heterocycles. The smallest absolute Gasteiger partial charge is 0.239 e. The Kier molecular flexibility index (Phi) is 7.26. The number of methoxy groups -OCH3 is 1. The van der Waals surface area contributed by atoms with Gasteiger partial charge in [0.2, 0.25) is 5.91 Å². The van der Waals surface area contributed by atoms with Crippen molar-refractivity contribution in [2.45, 2.75) is 13.3 Å². The molecule has 0 saturated heterocycles. The van der Waals surface area contributed by atoms with Gasteiger partial charge in [0.15, 0.2) is 0 Å². The van der Waals surface area contributed by atoms with E-state index in [4.69, 9.17) is 4.74 Å². The highest BCUT2D eigenvalue weighted by molar-refractivity contribution is 5.80. The van der Waals surface area contributed by atoms with Crippen LogP contribution < -0.4 is 16.0 Å². The van der Waals surface area contributed by atoms with Gasteiger partial charge in [0.1, 0.15) is 18.0 Å². The van der Waals surface area contributed by atoms with Crippen LogP contribution in [0.15, 0.2) is 12.4 Å². The van der Waals surface area contributed by atoms with E-state index in [2.05, 4.69) is 32.8 Å². The summed E-state index contributed by atoms with van der Waals surface area (Å²) in [5.41, 5.74) is 0. The quantitative estimate of drug-likeness (QED) is 0.564. The van der Waals surface area contributed by atoms with Crippen molar-refractivity contribution in [1.29, 1.82) is 0 Å². The van der Waals surface area contributed by atoms with Gasteiger partial charge in [-0.05, 0) is 6.42 Å². The molecule has 0 aliphatic heterocycles. The van der Waals surface area contributed by atoms with Gasteiger partial charge in [-0.1, -0.05) is 6.92 Å². The van der Waals surface area contributed by atoms with Gasteiger partial charge in [0.05, 0.1) is 13.2 Å². The standard InChI is InChI=1S/C12H21N5O2/c1-3-4-13-10-7-11(17-9-16-10)15-8-12(18)14-5-6-19-2/h7,9H,3-6,8H2,1-2H3,(H,14,18)(H2,13,15,16,17). The van der Waals surface area contributed by atoms with Crippen molar-refractivity contribution in [3.63, 3.8) is 0 Å². The molecule has 0 fully saturated rings. The number of nitrogens with one attached hydrogen (secondary N) is 3. The van der Waals surface area contributed by atoms with Crippen LogP contribution in [-0.2, 0) is 9.53 Å². The number of ether oxygens (including phenoxy) is 1. The summed E-state index contributed by atoms with van der Waals surface area (Å²) in [5, 5.41) is 8.82. The summed E-state index contributed by atoms with van der Waals surface area (Å²) in [7, 11) is 1.59. The Hall–Kier alpha value is -1.89. The van der Waals surface area contributed by atoms with Crippen molar-refractivity contribution in [3.8, 4) is 0 Å².